The van der Waals surface area contributed by atoms with Gasteiger partial charge >= 0.3 is 6.18 Å². The number of alkyl halides is 5. The number of fused-ring (bicyclic) bond motifs is 1. The molecule has 40 heavy (non-hydrogen) atoms. The summed E-state index contributed by atoms with van der Waals surface area (Å²) in [4.78, 5) is 29.9. The van der Waals surface area contributed by atoms with Gasteiger partial charge in [0, 0.05) is 32.5 Å². The number of benzene rings is 1. The summed E-state index contributed by atoms with van der Waals surface area (Å²) in [6, 6.07) is 5.41. The van der Waals surface area contributed by atoms with E-state index in [1.807, 2.05) is 0 Å². The van der Waals surface area contributed by atoms with Crippen LogP contribution in [0.25, 0.3) is 11.1 Å². The third-order valence-corrected chi connectivity index (χ3v) is 7.67. The number of oxazole rings is 1. The van der Waals surface area contributed by atoms with Crippen LogP contribution in [0, 0.1) is 11.8 Å². The molecule has 8 nitrogen and oxygen atoms in total. The van der Waals surface area contributed by atoms with Gasteiger partial charge in [0.2, 0.25) is 17.7 Å². The maximum Gasteiger partial charge on any atom is 0.389 e. The molecule has 216 valence electrons. The van der Waals surface area contributed by atoms with Crippen LogP contribution in [0.2, 0.25) is 0 Å². The summed E-state index contributed by atoms with van der Waals surface area (Å²) in [6.45, 7) is 0. The van der Waals surface area contributed by atoms with Gasteiger partial charge in [0.25, 0.3) is 5.91 Å². The number of nitrogens with one attached hydrogen (secondary N) is 2. The average molecular weight is 568 g/mol. The maximum atomic E-state index is 13.9. The second kappa shape index (κ2) is 10.8. The minimum Gasteiger partial charge on any atom is -0.438 e. The molecule has 2 N–H and O–H groups in total. The van der Waals surface area contributed by atoms with Crippen LogP contribution in [0.5, 0.6) is 0 Å². The molecule has 0 bridgehead atoms. The summed E-state index contributed by atoms with van der Waals surface area (Å²) in [5.74, 6) is -3.94. The summed E-state index contributed by atoms with van der Waals surface area (Å²) < 4.78 is 73.0. The number of aryl methyl sites for hydroxylation is 1. The number of amides is 2. The predicted molar refractivity (Wildman–Crippen MR) is 133 cm³/mol. The van der Waals surface area contributed by atoms with Crippen LogP contribution in [0.3, 0.4) is 0 Å². The highest BCUT2D eigenvalue weighted by Gasteiger charge is 2.40. The summed E-state index contributed by atoms with van der Waals surface area (Å²) >= 11 is 0. The number of hydrogen-bond acceptors (Lipinski definition) is 5. The number of aromatic nitrogens is 3. The van der Waals surface area contributed by atoms with Gasteiger partial charge in [-0.1, -0.05) is 6.07 Å². The lowest BCUT2D eigenvalue weighted by molar-refractivity contribution is -0.144. The van der Waals surface area contributed by atoms with Crippen molar-refractivity contribution in [1.82, 2.24) is 25.4 Å². The first kappa shape index (κ1) is 28.0. The SMILES string of the molecule is Cn1nccc1C(=O)N[C@H](c1nc2cc([C@@H](NC(=O)CCC(F)(F)F)C3CC3)ccc2o1)C1CCC(F)(F)CC1. The van der Waals surface area contributed by atoms with Crippen LogP contribution in [0.1, 0.15) is 85.4 Å². The Balaban J connectivity index is 1.39. The molecule has 5 rings (SSSR count). The molecule has 2 atom stereocenters. The largest absolute Gasteiger partial charge is 0.438 e. The molecule has 2 fully saturated rings. The smallest absolute Gasteiger partial charge is 0.389 e. The van der Waals surface area contributed by atoms with E-state index < -0.39 is 48.8 Å². The van der Waals surface area contributed by atoms with Crippen molar-refractivity contribution in [1.29, 1.82) is 0 Å². The van der Waals surface area contributed by atoms with Gasteiger partial charge in [-0.15, -0.1) is 0 Å². The number of carbonyl (C=O) groups excluding carboxylic acids is 2. The number of halogens is 5. The second-order valence-electron chi connectivity index (χ2n) is 10.8. The zero-order valence-corrected chi connectivity index (χ0v) is 21.8. The molecule has 0 unspecified atom stereocenters. The monoisotopic (exact) mass is 567 g/mol. The van der Waals surface area contributed by atoms with E-state index in [9.17, 15) is 31.5 Å². The third-order valence-electron chi connectivity index (χ3n) is 7.67. The Bertz CT molecular complexity index is 1370. The molecule has 0 aliphatic heterocycles. The molecule has 0 spiro atoms. The van der Waals surface area contributed by atoms with E-state index in [1.165, 1.54) is 10.9 Å². The standard InChI is InChI=1S/C27H30F5N5O3/c1-37-19(9-13-33-37)24(39)36-23(16-6-10-26(28,29)11-7-16)25-34-18-14-17(4-5-20(18)40-25)22(15-2-3-15)35-21(38)8-12-27(30,31)32/h4-5,9,13-16,22-23H,2-3,6-8,10-12H2,1H3,(H,35,38)(H,36,39)/t22-,23-/m0/s1. The van der Waals surface area contributed by atoms with Crippen LogP contribution in [0.4, 0.5) is 22.0 Å². The van der Waals surface area contributed by atoms with Crippen molar-refractivity contribution in [3.63, 3.8) is 0 Å². The molecule has 2 aromatic heterocycles. The molecule has 3 aromatic rings. The third kappa shape index (κ3) is 6.61. The summed E-state index contributed by atoms with van der Waals surface area (Å²) in [5, 5.41) is 9.64. The van der Waals surface area contributed by atoms with Gasteiger partial charge in [-0.3, -0.25) is 14.3 Å². The number of rotatable bonds is 9. The van der Waals surface area contributed by atoms with Gasteiger partial charge in [-0.2, -0.15) is 18.3 Å². The lowest BCUT2D eigenvalue weighted by Gasteiger charge is -2.32. The van der Waals surface area contributed by atoms with Crippen molar-refractivity contribution in [3.8, 4) is 0 Å². The Morgan fingerprint density at radius 2 is 1.77 bits per heavy atom. The minimum atomic E-state index is -4.42. The van der Waals surface area contributed by atoms with Crippen molar-refractivity contribution in [2.45, 2.75) is 75.5 Å². The fourth-order valence-electron chi connectivity index (χ4n) is 5.28. The molecule has 2 heterocycles. The van der Waals surface area contributed by atoms with E-state index in [2.05, 4.69) is 20.7 Å². The molecule has 0 saturated heterocycles. The lowest BCUT2D eigenvalue weighted by atomic mass is 9.82. The fourth-order valence-corrected chi connectivity index (χ4v) is 5.28. The number of nitrogens with zero attached hydrogens (tertiary/aromatic N) is 3. The maximum absolute atomic E-state index is 13.9. The van der Waals surface area contributed by atoms with Crippen molar-refractivity contribution in [2.24, 2.45) is 18.9 Å². The van der Waals surface area contributed by atoms with Crippen molar-refractivity contribution in [3.05, 3.63) is 47.6 Å². The minimum absolute atomic E-state index is 0.105. The molecule has 1 aromatic carbocycles. The van der Waals surface area contributed by atoms with Crippen LogP contribution in [-0.4, -0.2) is 38.7 Å². The Labute approximate surface area is 226 Å². The molecule has 2 saturated carbocycles. The first-order valence-corrected chi connectivity index (χ1v) is 13.3. The van der Waals surface area contributed by atoms with E-state index >= 15 is 0 Å². The number of carbonyl (C=O) groups is 2. The van der Waals surface area contributed by atoms with Crippen LogP contribution >= 0.6 is 0 Å². The van der Waals surface area contributed by atoms with Crippen molar-refractivity contribution in [2.75, 3.05) is 0 Å². The Kier molecular flexibility index (Phi) is 7.58. The highest BCUT2D eigenvalue weighted by molar-refractivity contribution is 5.92. The molecular formula is C27H30F5N5O3. The van der Waals surface area contributed by atoms with Gasteiger partial charge < -0.3 is 15.1 Å². The summed E-state index contributed by atoms with van der Waals surface area (Å²) in [5.41, 5.74) is 1.81. The Hall–Kier alpha value is -3.51. The van der Waals surface area contributed by atoms with Crippen LogP contribution < -0.4 is 10.6 Å². The quantitative estimate of drug-likeness (QED) is 0.320. The fraction of sp³-hybridized carbons (Fsp3) is 0.556. The molecule has 2 aliphatic rings. The average Bonchev–Trinajstić information content (AvgIpc) is 3.49. The van der Waals surface area contributed by atoms with Crippen molar-refractivity contribution >= 4 is 22.9 Å². The van der Waals surface area contributed by atoms with E-state index in [-0.39, 0.29) is 49.1 Å². The normalized spacial score (nSPS) is 19.4. The van der Waals surface area contributed by atoms with E-state index in [0.29, 0.717) is 16.7 Å². The highest BCUT2D eigenvalue weighted by atomic mass is 19.4. The molecule has 2 amide bonds. The summed E-state index contributed by atoms with van der Waals surface area (Å²) in [6.07, 6.45) is -3.40. The summed E-state index contributed by atoms with van der Waals surface area (Å²) in [7, 11) is 1.62. The topological polar surface area (TPSA) is 102 Å². The molecule has 13 heteroatoms. The second-order valence-corrected chi connectivity index (χ2v) is 10.8. The first-order chi connectivity index (χ1) is 18.9. The van der Waals surface area contributed by atoms with Gasteiger partial charge in [-0.25, -0.2) is 13.8 Å². The Morgan fingerprint density at radius 3 is 2.40 bits per heavy atom. The van der Waals surface area contributed by atoms with Gasteiger partial charge in [-0.05, 0) is 61.3 Å². The van der Waals surface area contributed by atoms with Crippen molar-refractivity contribution < 1.29 is 36.0 Å². The zero-order chi connectivity index (χ0) is 28.7. The van der Waals surface area contributed by atoms with Gasteiger partial charge in [0.15, 0.2) is 5.58 Å². The van der Waals surface area contributed by atoms with Gasteiger partial charge in [0.1, 0.15) is 17.3 Å². The molecule has 2 aliphatic carbocycles. The molecule has 0 radical (unpaired) electrons. The van der Waals surface area contributed by atoms with E-state index in [1.54, 1.807) is 31.3 Å². The predicted octanol–water partition coefficient (Wildman–Crippen LogP) is 5.77. The van der Waals surface area contributed by atoms with E-state index in [4.69, 9.17) is 4.42 Å². The number of hydrogen-bond donors (Lipinski definition) is 2. The van der Waals surface area contributed by atoms with E-state index in [0.717, 1.165) is 12.8 Å². The Morgan fingerprint density at radius 1 is 1.07 bits per heavy atom. The van der Waals surface area contributed by atoms with Crippen LogP contribution in [0.15, 0.2) is 34.9 Å². The van der Waals surface area contributed by atoms with Crippen LogP contribution in [-0.2, 0) is 11.8 Å². The molecular weight excluding hydrogens is 537 g/mol. The lowest BCUT2D eigenvalue weighted by Crippen LogP contribution is -2.38. The first-order valence-electron chi connectivity index (χ1n) is 13.3. The van der Waals surface area contributed by atoms with Gasteiger partial charge in [0.05, 0.1) is 12.5 Å². The zero-order valence-electron chi connectivity index (χ0n) is 21.8. The highest BCUT2D eigenvalue weighted by Crippen LogP contribution is 2.43.